The van der Waals surface area contributed by atoms with Gasteiger partial charge in [0.1, 0.15) is 5.69 Å². The summed E-state index contributed by atoms with van der Waals surface area (Å²) in [5.74, 6) is -0.357. The van der Waals surface area contributed by atoms with Crippen molar-refractivity contribution < 1.29 is 17.6 Å². The molecule has 0 radical (unpaired) electrons. The van der Waals surface area contributed by atoms with Gasteiger partial charge in [-0.2, -0.15) is 22.7 Å². The third kappa shape index (κ3) is 4.68. The molecule has 4 heterocycles. The predicted octanol–water partition coefficient (Wildman–Crippen LogP) is 4.34. The molecule has 1 aliphatic heterocycles. The SMILES string of the molecule is Cn1nccc1-c1nnc(N2CCC(NCc3ccc(F)nc3C(F)(F)F)CC2)c2ccccc12. The molecule has 0 spiro atoms. The van der Waals surface area contributed by atoms with Gasteiger partial charge in [-0.15, -0.1) is 10.2 Å². The summed E-state index contributed by atoms with van der Waals surface area (Å²) in [7, 11) is 1.86. The molecule has 0 amide bonds. The second-order valence-corrected chi connectivity index (χ2v) is 8.54. The Kier molecular flexibility index (Phi) is 6.10. The number of fused-ring (bicyclic) bond motifs is 1. The summed E-state index contributed by atoms with van der Waals surface area (Å²) in [6.45, 7) is 1.32. The summed E-state index contributed by atoms with van der Waals surface area (Å²) < 4.78 is 54.7. The first-order chi connectivity index (χ1) is 16.8. The number of nitrogens with one attached hydrogen (secondary N) is 1. The zero-order chi connectivity index (χ0) is 24.6. The van der Waals surface area contributed by atoms with Crippen LogP contribution in [0.25, 0.3) is 22.2 Å². The van der Waals surface area contributed by atoms with Gasteiger partial charge in [0.25, 0.3) is 0 Å². The molecule has 1 fully saturated rings. The second kappa shape index (κ2) is 9.21. The van der Waals surface area contributed by atoms with Crippen LogP contribution in [0.5, 0.6) is 0 Å². The largest absolute Gasteiger partial charge is 0.433 e. The van der Waals surface area contributed by atoms with Gasteiger partial charge in [-0.1, -0.05) is 30.3 Å². The van der Waals surface area contributed by atoms with Crippen LogP contribution in [0.4, 0.5) is 23.4 Å². The van der Waals surface area contributed by atoms with Crippen molar-refractivity contribution in [1.82, 2.24) is 30.3 Å². The van der Waals surface area contributed by atoms with Crippen molar-refractivity contribution in [1.29, 1.82) is 0 Å². The number of piperidine rings is 1. The number of benzene rings is 1. The summed E-state index contributed by atoms with van der Waals surface area (Å²) in [6.07, 6.45) is -1.55. The van der Waals surface area contributed by atoms with Crippen molar-refractivity contribution >= 4 is 16.6 Å². The van der Waals surface area contributed by atoms with Crippen molar-refractivity contribution in [2.24, 2.45) is 7.05 Å². The molecule has 0 unspecified atom stereocenters. The zero-order valence-corrected chi connectivity index (χ0v) is 18.9. The molecule has 1 aliphatic rings. The maximum atomic E-state index is 13.3. The number of hydrogen-bond acceptors (Lipinski definition) is 6. The highest BCUT2D eigenvalue weighted by Crippen LogP contribution is 2.33. The minimum Gasteiger partial charge on any atom is -0.354 e. The third-order valence-electron chi connectivity index (χ3n) is 6.32. The van der Waals surface area contributed by atoms with Gasteiger partial charge in [0.15, 0.2) is 11.5 Å². The van der Waals surface area contributed by atoms with Gasteiger partial charge in [0.2, 0.25) is 5.95 Å². The minimum atomic E-state index is -4.70. The quantitative estimate of drug-likeness (QED) is 0.335. The van der Waals surface area contributed by atoms with Crippen molar-refractivity contribution in [3.8, 4) is 11.4 Å². The van der Waals surface area contributed by atoms with E-state index >= 15 is 0 Å². The van der Waals surface area contributed by atoms with Gasteiger partial charge in [0, 0.05) is 49.7 Å². The van der Waals surface area contributed by atoms with E-state index in [1.807, 2.05) is 37.4 Å². The number of nitrogens with zero attached hydrogens (tertiary/aromatic N) is 6. The van der Waals surface area contributed by atoms with E-state index in [1.165, 1.54) is 0 Å². The van der Waals surface area contributed by atoms with Crippen molar-refractivity contribution in [2.75, 3.05) is 18.0 Å². The number of aromatic nitrogens is 5. The Morgan fingerprint density at radius 2 is 1.74 bits per heavy atom. The highest BCUT2D eigenvalue weighted by atomic mass is 19.4. The first-order valence-corrected chi connectivity index (χ1v) is 11.3. The monoisotopic (exact) mass is 485 g/mol. The number of alkyl halides is 3. The smallest absolute Gasteiger partial charge is 0.354 e. The molecule has 7 nitrogen and oxygen atoms in total. The van der Waals surface area contributed by atoms with Gasteiger partial charge >= 0.3 is 6.18 Å². The predicted molar refractivity (Wildman–Crippen MR) is 123 cm³/mol. The molecule has 1 aromatic carbocycles. The third-order valence-corrected chi connectivity index (χ3v) is 6.32. The van der Waals surface area contributed by atoms with E-state index in [2.05, 4.69) is 30.5 Å². The lowest BCUT2D eigenvalue weighted by Gasteiger charge is -2.33. The average Bonchev–Trinajstić information content (AvgIpc) is 3.28. The van der Waals surface area contributed by atoms with Crippen molar-refractivity contribution in [3.63, 3.8) is 0 Å². The lowest BCUT2D eigenvalue weighted by Crippen LogP contribution is -2.43. The summed E-state index contributed by atoms with van der Waals surface area (Å²) in [5, 5.41) is 18.4. The van der Waals surface area contributed by atoms with Crippen LogP contribution < -0.4 is 10.2 Å². The van der Waals surface area contributed by atoms with E-state index in [-0.39, 0.29) is 18.2 Å². The number of rotatable bonds is 5. The first-order valence-electron chi connectivity index (χ1n) is 11.3. The number of hydrogen-bond donors (Lipinski definition) is 1. The highest BCUT2D eigenvalue weighted by molar-refractivity contribution is 5.99. The summed E-state index contributed by atoms with van der Waals surface area (Å²) >= 11 is 0. The van der Waals surface area contributed by atoms with E-state index in [4.69, 9.17) is 0 Å². The Hall–Kier alpha value is -3.60. The molecule has 1 N–H and O–H groups in total. The van der Waals surface area contributed by atoms with E-state index < -0.39 is 17.8 Å². The molecule has 0 saturated carbocycles. The van der Waals surface area contributed by atoms with E-state index in [9.17, 15) is 17.6 Å². The minimum absolute atomic E-state index is 0.0188. The topological polar surface area (TPSA) is 71.8 Å². The molecule has 11 heteroatoms. The first kappa shape index (κ1) is 23.2. The Labute approximate surface area is 198 Å². The van der Waals surface area contributed by atoms with E-state index in [0.717, 1.165) is 53.0 Å². The Bertz CT molecular complexity index is 1340. The lowest BCUT2D eigenvalue weighted by atomic mass is 10.0. The number of halogens is 4. The highest BCUT2D eigenvalue weighted by Gasteiger charge is 2.36. The summed E-state index contributed by atoms with van der Waals surface area (Å²) in [5.41, 5.74) is 0.382. The fourth-order valence-electron chi connectivity index (χ4n) is 4.52. The molecule has 5 rings (SSSR count). The van der Waals surface area contributed by atoms with Crippen molar-refractivity contribution in [3.05, 3.63) is 65.9 Å². The zero-order valence-electron chi connectivity index (χ0n) is 18.9. The number of pyridine rings is 1. The molecular formula is C24H23F4N7. The Morgan fingerprint density at radius 1 is 1.00 bits per heavy atom. The van der Waals surface area contributed by atoms with Crippen LogP contribution in [0.2, 0.25) is 0 Å². The molecule has 3 aromatic heterocycles. The fraction of sp³-hybridized carbons (Fsp3) is 0.333. The summed E-state index contributed by atoms with van der Waals surface area (Å²) in [6, 6.07) is 12.0. The molecule has 182 valence electrons. The van der Waals surface area contributed by atoms with E-state index in [0.29, 0.717) is 13.1 Å². The lowest BCUT2D eigenvalue weighted by molar-refractivity contribution is -0.142. The van der Waals surface area contributed by atoms with E-state index in [1.54, 1.807) is 10.9 Å². The van der Waals surface area contributed by atoms with Gasteiger partial charge in [-0.25, -0.2) is 4.98 Å². The van der Waals surface area contributed by atoms with Crippen LogP contribution in [0.3, 0.4) is 0 Å². The maximum Gasteiger partial charge on any atom is 0.433 e. The van der Waals surface area contributed by atoms with Gasteiger partial charge in [-0.3, -0.25) is 4.68 Å². The molecule has 0 aliphatic carbocycles. The Morgan fingerprint density at radius 3 is 2.43 bits per heavy atom. The van der Waals surface area contributed by atoms with Crippen LogP contribution in [0.1, 0.15) is 24.1 Å². The normalized spacial score (nSPS) is 15.2. The molecule has 1 saturated heterocycles. The number of anilines is 1. The standard InChI is InChI=1S/C24H23F4N7/c1-34-19(8-11-30-34)21-17-4-2-3-5-18(17)23(33-32-21)35-12-9-16(10-13-35)29-14-15-6-7-20(25)31-22(15)24(26,27)28/h2-8,11,16,29H,9-10,12-14H2,1H3. The van der Waals surface area contributed by atoms with Crippen molar-refractivity contribution in [2.45, 2.75) is 31.6 Å². The molecule has 0 atom stereocenters. The van der Waals surface area contributed by atoms with Gasteiger partial charge < -0.3 is 10.2 Å². The van der Waals surface area contributed by atoms with Crippen LogP contribution in [0.15, 0.2) is 48.7 Å². The molecule has 35 heavy (non-hydrogen) atoms. The average molecular weight is 485 g/mol. The van der Waals surface area contributed by atoms with Crippen LogP contribution in [0, 0.1) is 5.95 Å². The van der Waals surface area contributed by atoms with Gasteiger partial charge in [-0.05, 0) is 30.5 Å². The molecule has 0 bridgehead atoms. The summed E-state index contributed by atoms with van der Waals surface area (Å²) in [4.78, 5) is 5.21. The van der Waals surface area contributed by atoms with Crippen LogP contribution in [-0.2, 0) is 19.8 Å². The van der Waals surface area contributed by atoms with Gasteiger partial charge in [0.05, 0.1) is 5.69 Å². The number of aryl methyl sites for hydroxylation is 1. The van der Waals surface area contributed by atoms with Crippen LogP contribution >= 0.6 is 0 Å². The van der Waals surface area contributed by atoms with Crippen LogP contribution in [-0.4, -0.2) is 44.1 Å². The molecular weight excluding hydrogens is 462 g/mol. The molecule has 4 aromatic rings. The maximum absolute atomic E-state index is 13.3. The fourth-order valence-corrected chi connectivity index (χ4v) is 4.52. The Balaban J connectivity index is 1.30. The second-order valence-electron chi connectivity index (χ2n) is 8.54.